The van der Waals surface area contributed by atoms with Gasteiger partial charge in [-0.2, -0.15) is 10.5 Å². The van der Waals surface area contributed by atoms with Crippen molar-refractivity contribution >= 4 is 11.6 Å². The molecule has 0 saturated heterocycles. The Morgan fingerprint density at radius 1 is 0.935 bits per heavy atom. The highest BCUT2D eigenvalue weighted by Gasteiger charge is 2.23. The van der Waals surface area contributed by atoms with Crippen LogP contribution >= 0.6 is 0 Å². The summed E-state index contributed by atoms with van der Waals surface area (Å²) in [6.45, 7) is 0.433. The average Bonchev–Trinajstić information content (AvgIpc) is 2.81. The Morgan fingerprint density at radius 3 is 2.06 bits per heavy atom. The van der Waals surface area contributed by atoms with Crippen LogP contribution in [0.5, 0.6) is 17.2 Å². The lowest BCUT2D eigenvalue weighted by molar-refractivity contribution is 0.324. The smallest absolute Gasteiger partial charge is 0.203 e. The number of nitrogens with two attached hydrogens (primary N) is 1. The van der Waals surface area contributed by atoms with E-state index in [2.05, 4.69) is 22.4 Å². The summed E-state index contributed by atoms with van der Waals surface area (Å²) in [7, 11) is 4.48. The first kappa shape index (κ1) is 21.3. The molecular formula is C23H21N5O3. The van der Waals surface area contributed by atoms with Gasteiger partial charge >= 0.3 is 0 Å². The van der Waals surface area contributed by atoms with Gasteiger partial charge in [-0.1, -0.05) is 30.3 Å². The number of pyridine rings is 1. The molecule has 1 heterocycles. The van der Waals surface area contributed by atoms with Crippen LogP contribution in [0.2, 0.25) is 0 Å². The second-order valence-corrected chi connectivity index (χ2v) is 6.45. The molecule has 0 spiro atoms. The molecule has 1 aromatic heterocycles. The van der Waals surface area contributed by atoms with E-state index in [4.69, 9.17) is 19.9 Å². The van der Waals surface area contributed by atoms with Crippen LogP contribution in [0, 0.1) is 22.7 Å². The Hall–Kier alpha value is -4.43. The van der Waals surface area contributed by atoms with Crippen molar-refractivity contribution in [2.75, 3.05) is 32.4 Å². The summed E-state index contributed by atoms with van der Waals surface area (Å²) in [6.07, 6.45) is 0. The number of nitriles is 2. The Morgan fingerprint density at radius 2 is 1.55 bits per heavy atom. The van der Waals surface area contributed by atoms with Crippen molar-refractivity contribution in [3.8, 4) is 40.5 Å². The van der Waals surface area contributed by atoms with E-state index >= 15 is 0 Å². The van der Waals surface area contributed by atoms with Crippen LogP contribution in [-0.2, 0) is 6.54 Å². The van der Waals surface area contributed by atoms with Gasteiger partial charge < -0.3 is 25.3 Å². The third-order valence-corrected chi connectivity index (χ3v) is 4.70. The summed E-state index contributed by atoms with van der Waals surface area (Å²) in [5.74, 6) is 1.47. The first-order valence-electron chi connectivity index (χ1n) is 9.29. The van der Waals surface area contributed by atoms with Gasteiger partial charge in [0.15, 0.2) is 11.5 Å². The molecule has 156 valence electrons. The molecule has 2 aromatic carbocycles. The number of nitrogens with one attached hydrogen (secondary N) is 1. The fourth-order valence-corrected chi connectivity index (χ4v) is 3.25. The van der Waals surface area contributed by atoms with Gasteiger partial charge in [-0.05, 0) is 23.3 Å². The van der Waals surface area contributed by atoms with Crippen LogP contribution < -0.4 is 25.3 Å². The predicted molar refractivity (Wildman–Crippen MR) is 117 cm³/mol. The van der Waals surface area contributed by atoms with Crippen molar-refractivity contribution < 1.29 is 14.2 Å². The van der Waals surface area contributed by atoms with Crippen LogP contribution in [0.1, 0.15) is 16.7 Å². The minimum Gasteiger partial charge on any atom is -0.493 e. The normalized spacial score (nSPS) is 9.97. The molecule has 31 heavy (non-hydrogen) atoms. The fraction of sp³-hybridized carbons (Fsp3) is 0.174. The SMILES string of the molecule is COc1cc(-c2c(C#N)c(N)nc(NCc3ccccc3)c2C#N)cc(OC)c1OC. The van der Waals surface area contributed by atoms with Gasteiger partial charge in [-0.15, -0.1) is 0 Å². The van der Waals surface area contributed by atoms with Crippen molar-refractivity contribution in [1.82, 2.24) is 4.98 Å². The van der Waals surface area contributed by atoms with E-state index in [9.17, 15) is 10.5 Å². The summed E-state index contributed by atoms with van der Waals surface area (Å²) in [5.41, 5.74) is 8.23. The largest absolute Gasteiger partial charge is 0.493 e. The summed E-state index contributed by atoms with van der Waals surface area (Å²) >= 11 is 0. The number of nitrogens with zero attached hydrogens (tertiary/aromatic N) is 3. The molecule has 8 nitrogen and oxygen atoms in total. The molecule has 0 saturated carbocycles. The third kappa shape index (κ3) is 4.14. The van der Waals surface area contributed by atoms with E-state index in [1.165, 1.54) is 21.3 Å². The zero-order chi connectivity index (χ0) is 22.4. The van der Waals surface area contributed by atoms with Gasteiger partial charge in [-0.3, -0.25) is 0 Å². The number of benzene rings is 2. The van der Waals surface area contributed by atoms with E-state index in [0.29, 0.717) is 34.9 Å². The van der Waals surface area contributed by atoms with Gasteiger partial charge in [0.05, 0.1) is 21.3 Å². The van der Waals surface area contributed by atoms with E-state index in [1.807, 2.05) is 30.3 Å². The van der Waals surface area contributed by atoms with E-state index in [-0.39, 0.29) is 22.8 Å². The molecular weight excluding hydrogens is 394 g/mol. The summed E-state index contributed by atoms with van der Waals surface area (Å²) in [6, 6.07) is 17.2. The molecule has 0 aliphatic heterocycles. The Balaban J connectivity index is 2.21. The second-order valence-electron chi connectivity index (χ2n) is 6.45. The standard InChI is InChI=1S/C23H21N5O3/c1-29-18-9-15(10-19(30-2)21(18)31-3)20-16(11-24)22(26)28-23(17(20)12-25)27-13-14-7-5-4-6-8-14/h4-10H,13H2,1-3H3,(H3,26,27,28). The summed E-state index contributed by atoms with van der Waals surface area (Å²) in [4.78, 5) is 4.27. The first-order chi connectivity index (χ1) is 15.1. The maximum Gasteiger partial charge on any atom is 0.203 e. The lowest BCUT2D eigenvalue weighted by Crippen LogP contribution is -2.09. The van der Waals surface area contributed by atoms with Gasteiger partial charge in [-0.25, -0.2) is 4.98 Å². The molecule has 0 unspecified atom stereocenters. The van der Waals surface area contributed by atoms with E-state index < -0.39 is 0 Å². The molecule has 0 amide bonds. The number of nitrogen functional groups attached to an aromatic ring is 1. The molecule has 8 heteroatoms. The topological polar surface area (TPSA) is 126 Å². The molecule has 3 N–H and O–H groups in total. The molecule has 0 bridgehead atoms. The van der Waals surface area contributed by atoms with Crippen molar-refractivity contribution in [2.45, 2.75) is 6.54 Å². The number of anilines is 2. The quantitative estimate of drug-likeness (QED) is 0.598. The Labute approximate surface area is 180 Å². The maximum atomic E-state index is 9.95. The van der Waals surface area contributed by atoms with Crippen molar-refractivity contribution in [3.05, 3.63) is 59.2 Å². The summed E-state index contributed by atoms with van der Waals surface area (Å²) < 4.78 is 16.2. The predicted octanol–water partition coefficient (Wildman–Crippen LogP) is 3.71. The van der Waals surface area contributed by atoms with Gasteiger partial charge in [0.25, 0.3) is 0 Å². The van der Waals surface area contributed by atoms with Crippen molar-refractivity contribution in [2.24, 2.45) is 0 Å². The highest BCUT2D eigenvalue weighted by atomic mass is 16.5. The average molecular weight is 415 g/mol. The van der Waals surface area contributed by atoms with Crippen LogP contribution in [0.3, 0.4) is 0 Å². The first-order valence-corrected chi connectivity index (χ1v) is 9.29. The molecule has 0 radical (unpaired) electrons. The number of rotatable bonds is 7. The molecule has 0 aliphatic rings. The van der Waals surface area contributed by atoms with Gasteiger partial charge in [0, 0.05) is 12.1 Å². The van der Waals surface area contributed by atoms with Gasteiger partial charge in [0.2, 0.25) is 5.75 Å². The molecule has 3 aromatic rings. The highest BCUT2D eigenvalue weighted by Crippen LogP contribution is 2.44. The van der Waals surface area contributed by atoms with Crippen molar-refractivity contribution in [1.29, 1.82) is 10.5 Å². The van der Waals surface area contributed by atoms with Crippen LogP contribution in [0.15, 0.2) is 42.5 Å². The summed E-state index contributed by atoms with van der Waals surface area (Å²) in [5, 5.41) is 22.9. The van der Waals surface area contributed by atoms with Gasteiger partial charge in [0.1, 0.15) is 34.9 Å². The number of hydrogen-bond acceptors (Lipinski definition) is 8. The number of hydrogen-bond donors (Lipinski definition) is 2. The third-order valence-electron chi connectivity index (χ3n) is 4.70. The minimum atomic E-state index is 0.0146. The fourth-order valence-electron chi connectivity index (χ4n) is 3.25. The lowest BCUT2D eigenvalue weighted by atomic mass is 9.95. The number of aromatic nitrogens is 1. The highest BCUT2D eigenvalue weighted by molar-refractivity contribution is 5.86. The number of methoxy groups -OCH3 is 3. The maximum absolute atomic E-state index is 9.95. The molecule has 3 rings (SSSR count). The zero-order valence-corrected chi connectivity index (χ0v) is 17.4. The van der Waals surface area contributed by atoms with E-state index in [0.717, 1.165) is 5.56 Å². The molecule has 0 aliphatic carbocycles. The minimum absolute atomic E-state index is 0.0146. The molecule has 0 atom stereocenters. The second kappa shape index (κ2) is 9.38. The Kier molecular flexibility index (Phi) is 6.44. The van der Waals surface area contributed by atoms with Crippen LogP contribution in [0.4, 0.5) is 11.6 Å². The van der Waals surface area contributed by atoms with E-state index in [1.54, 1.807) is 12.1 Å². The van der Waals surface area contributed by atoms with Crippen LogP contribution in [0.25, 0.3) is 11.1 Å². The molecule has 0 fully saturated rings. The zero-order valence-electron chi connectivity index (χ0n) is 17.4. The van der Waals surface area contributed by atoms with Crippen LogP contribution in [-0.4, -0.2) is 26.3 Å². The monoisotopic (exact) mass is 415 g/mol. The van der Waals surface area contributed by atoms with Crippen molar-refractivity contribution in [3.63, 3.8) is 0 Å². The number of ether oxygens (including phenoxy) is 3. The lowest BCUT2D eigenvalue weighted by Gasteiger charge is -2.17. The Bertz CT molecular complexity index is 1160.